The number of phenols is 5. The third-order valence-electron chi connectivity index (χ3n) is 5.01. The highest BCUT2D eigenvalue weighted by Gasteiger charge is 2.18. The zero-order valence-electron chi connectivity index (χ0n) is 16.1. The van der Waals surface area contributed by atoms with Crippen molar-refractivity contribution < 1.29 is 25.5 Å². The van der Waals surface area contributed by atoms with Gasteiger partial charge in [0.05, 0.1) is 0 Å². The molecule has 0 unspecified atom stereocenters. The van der Waals surface area contributed by atoms with Gasteiger partial charge in [0.15, 0.2) is 11.5 Å². The number of hydrogen-bond acceptors (Lipinski definition) is 5. The van der Waals surface area contributed by atoms with E-state index in [1.165, 1.54) is 0 Å². The van der Waals surface area contributed by atoms with Crippen molar-refractivity contribution in [3.8, 4) is 28.7 Å². The fourth-order valence-electron chi connectivity index (χ4n) is 3.45. The molecule has 0 fully saturated rings. The first-order chi connectivity index (χ1) is 13.2. The van der Waals surface area contributed by atoms with E-state index in [4.69, 9.17) is 0 Å². The van der Waals surface area contributed by atoms with Crippen LogP contribution in [0.15, 0.2) is 36.4 Å². The molecule has 0 radical (unpaired) electrons. The lowest BCUT2D eigenvalue weighted by Gasteiger charge is -2.14. The van der Waals surface area contributed by atoms with E-state index in [0.717, 1.165) is 27.8 Å². The maximum Gasteiger partial charge on any atom is 0.200 e. The quantitative estimate of drug-likeness (QED) is 0.434. The molecule has 0 heterocycles. The molecule has 146 valence electrons. The van der Waals surface area contributed by atoms with E-state index in [1.54, 1.807) is 39.0 Å². The van der Waals surface area contributed by atoms with Crippen LogP contribution in [0.2, 0.25) is 0 Å². The van der Waals surface area contributed by atoms with Crippen LogP contribution in [0.4, 0.5) is 0 Å². The summed E-state index contributed by atoms with van der Waals surface area (Å²) in [6, 6.07) is 10.5. The Bertz CT molecular complexity index is 1030. The fourth-order valence-corrected chi connectivity index (χ4v) is 3.45. The monoisotopic (exact) mass is 380 g/mol. The summed E-state index contributed by atoms with van der Waals surface area (Å²) in [5.41, 5.74) is 4.87. The van der Waals surface area contributed by atoms with Crippen molar-refractivity contribution in [2.24, 2.45) is 0 Å². The van der Waals surface area contributed by atoms with Crippen LogP contribution < -0.4 is 0 Å². The third-order valence-corrected chi connectivity index (χ3v) is 5.01. The molecule has 28 heavy (non-hydrogen) atoms. The molecule has 3 aromatic rings. The van der Waals surface area contributed by atoms with Crippen LogP contribution in [0.5, 0.6) is 28.7 Å². The topological polar surface area (TPSA) is 101 Å². The zero-order valence-corrected chi connectivity index (χ0v) is 16.1. The molecule has 0 saturated carbocycles. The summed E-state index contributed by atoms with van der Waals surface area (Å²) in [5, 5.41) is 50.4. The highest BCUT2D eigenvalue weighted by atomic mass is 16.3. The molecule has 0 spiro atoms. The lowest BCUT2D eigenvalue weighted by Crippen LogP contribution is -1.97. The maximum absolute atomic E-state index is 10.3. The zero-order chi connectivity index (χ0) is 20.6. The molecular weight excluding hydrogens is 356 g/mol. The second-order valence-corrected chi connectivity index (χ2v) is 7.29. The largest absolute Gasteiger partial charge is 0.508 e. The Kier molecular flexibility index (Phi) is 5.10. The third kappa shape index (κ3) is 3.69. The second kappa shape index (κ2) is 7.35. The maximum atomic E-state index is 10.3. The van der Waals surface area contributed by atoms with Crippen LogP contribution in [-0.2, 0) is 12.8 Å². The number of rotatable bonds is 4. The Morgan fingerprint density at radius 2 is 1.04 bits per heavy atom. The molecule has 5 heteroatoms. The molecular formula is C23H24O5. The predicted molar refractivity (Wildman–Crippen MR) is 107 cm³/mol. The van der Waals surface area contributed by atoms with E-state index in [2.05, 4.69) is 0 Å². The summed E-state index contributed by atoms with van der Waals surface area (Å²) in [6.45, 7) is 5.39. The van der Waals surface area contributed by atoms with Crippen LogP contribution in [0.3, 0.4) is 0 Å². The Morgan fingerprint density at radius 3 is 1.57 bits per heavy atom. The molecule has 5 N–H and O–H groups in total. The van der Waals surface area contributed by atoms with Crippen molar-refractivity contribution in [1.82, 2.24) is 0 Å². The molecule has 0 amide bonds. The minimum absolute atomic E-state index is 0.195. The number of hydrogen-bond donors (Lipinski definition) is 5. The second-order valence-electron chi connectivity index (χ2n) is 7.29. The van der Waals surface area contributed by atoms with Gasteiger partial charge in [-0.25, -0.2) is 0 Å². The van der Waals surface area contributed by atoms with Crippen LogP contribution >= 0.6 is 0 Å². The molecule has 5 nitrogen and oxygen atoms in total. The van der Waals surface area contributed by atoms with Crippen LogP contribution in [0.25, 0.3) is 0 Å². The standard InChI is InChI=1S/C23H24O5/c1-12-6-15(4-5-19(12)24)9-17-11-18(22(27)23(28)21(17)26)10-16-7-13(2)20(25)14(3)8-16/h4-8,11,24-28H,9-10H2,1-3H3. The van der Waals surface area contributed by atoms with Gasteiger partial charge in [0.2, 0.25) is 5.75 Å². The molecule has 0 atom stereocenters. The van der Waals surface area contributed by atoms with Crippen molar-refractivity contribution in [1.29, 1.82) is 0 Å². The summed E-state index contributed by atoms with van der Waals surface area (Å²) < 4.78 is 0. The first kappa shape index (κ1) is 19.4. The molecule has 3 rings (SSSR count). The highest BCUT2D eigenvalue weighted by molar-refractivity contribution is 5.59. The van der Waals surface area contributed by atoms with E-state index < -0.39 is 5.75 Å². The van der Waals surface area contributed by atoms with Gasteiger partial charge in [-0.05, 0) is 60.7 Å². The van der Waals surface area contributed by atoms with Crippen molar-refractivity contribution >= 4 is 0 Å². The Hall–Kier alpha value is -3.34. The van der Waals surface area contributed by atoms with Crippen molar-refractivity contribution in [3.63, 3.8) is 0 Å². The van der Waals surface area contributed by atoms with Crippen molar-refractivity contribution in [3.05, 3.63) is 75.3 Å². The van der Waals surface area contributed by atoms with Gasteiger partial charge in [-0.3, -0.25) is 0 Å². The number of aromatic hydroxyl groups is 5. The minimum Gasteiger partial charge on any atom is -0.508 e. The first-order valence-electron chi connectivity index (χ1n) is 9.00. The van der Waals surface area contributed by atoms with E-state index in [0.29, 0.717) is 24.0 Å². The van der Waals surface area contributed by atoms with E-state index in [9.17, 15) is 25.5 Å². The van der Waals surface area contributed by atoms with E-state index in [1.807, 2.05) is 18.2 Å². The molecule has 0 aromatic heterocycles. The lowest BCUT2D eigenvalue weighted by molar-refractivity contribution is 0.363. The fraction of sp³-hybridized carbons (Fsp3) is 0.217. The predicted octanol–water partition coefficient (Wildman–Crippen LogP) is 4.32. The molecule has 0 saturated heterocycles. The Morgan fingerprint density at radius 1 is 0.536 bits per heavy atom. The number of benzene rings is 3. The number of aryl methyl sites for hydroxylation is 3. The van der Waals surface area contributed by atoms with Gasteiger partial charge in [0, 0.05) is 24.0 Å². The highest BCUT2D eigenvalue weighted by Crippen LogP contribution is 2.42. The van der Waals surface area contributed by atoms with Crippen LogP contribution in [-0.4, -0.2) is 25.5 Å². The van der Waals surface area contributed by atoms with Gasteiger partial charge < -0.3 is 25.5 Å². The van der Waals surface area contributed by atoms with Crippen LogP contribution in [0.1, 0.15) is 38.9 Å². The molecule has 0 aliphatic heterocycles. The molecule has 0 aliphatic carbocycles. The summed E-state index contributed by atoms with van der Waals surface area (Å²) in [6.07, 6.45) is 0.671. The van der Waals surface area contributed by atoms with Crippen LogP contribution in [0, 0.1) is 20.8 Å². The normalized spacial score (nSPS) is 11.0. The minimum atomic E-state index is -0.546. The molecule has 0 bridgehead atoms. The Labute approximate surface area is 163 Å². The van der Waals surface area contributed by atoms with Crippen molar-refractivity contribution in [2.75, 3.05) is 0 Å². The van der Waals surface area contributed by atoms with Gasteiger partial charge in [-0.15, -0.1) is 0 Å². The smallest absolute Gasteiger partial charge is 0.200 e. The molecule has 0 aliphatic rings. The van der Waals surface area contributed by atoms with Gasteiger partial charge in [-0.1, -0.05) is 24.3 Å². The van der Waals surface area contributed by atoms with E-state index >= 15 is 0 Å². The number of phenolic OH excluding ortho intramolecular Hbond substituents is 5. The molecule has 3 aromatic carbocycles. The average Bonchev–Trinajstić information content (AvgIpc) is 2.64. The summed E-state index contributed by atoms with van der Waals surface area (Å²) in [4.78, 5) is 0. The first-order valence-corrected chi connectivity index (χ1v) is 9.00. The summed E-state index contributed by atoms with van der Waals surface area (Å²) in [7, 11) is 0. The summed E-state index contributed by atoms with van der Waals surface area (Å²) >= 11 is 0. The lowest BCUT2D eigenvalue weighted by atomic mass is 9.95. The SMILES string of the molecule is Cc1cc(Cc2cc(Cc3cc(C)c(O)c(C)c3)c(O)c(O)c2O)ccc1O. The van der Waals surface area contributed by atoms with Gasteiger partial charge in [0.25, 0.3) is 0 Å². The van der Waals surface area contributed by atoms with Gasteiger partial charge >= 0.3 is 0 Å². The Balaban J connectivity index is 1.99. The average molecular weight is 380 g/mol. The van der Waals surface area contributed by atoms with Gasteiger partial charge in [0.1, 0.15) is 11.5 Å². The summed E-state index contributed by atoms with van der Waals surface area (Å²) in [5.74, 6) is -0.822. The van der Waals surface area contributed by atoms with E-state index in [-0.39, 0.29) is 23.0 Å². The van der Waals surface area contributed by atoms with Gasteiger partial charge in [-0.2, -0.15) is 0 Å². The van der Waals surface area contributed by atoms with Crippen molar-refractivity contribution in [2.45, 2.75) is 33.6 Å².